The van der Waals surface area contributed by atoms with Crippen LogP contribution in [0.25, 0.3) is 0 Å². The molecule has 0 bridgehead atoms. The van der Waals surface area contributed by atoms with Crippen molar-refractivity contribution >= 4 is 23.3 Å². The van der Waals surface area contributed by atoms with E-state index in [9.17, 15) is 4.79 Å². The summed E-state index contributed by atoms with van der Waals surface area (Å²) >= 11 is 5.84. The third kappa shape index (κ3) is 3.23. The lowest BCUT2D eigenvalue weighted by Crippen LogP contribution is -2.11. The average molecular weight is 277 g/mol. The second-order valence-corrected chi connectivity index (χ2v) is 4.56. The number of carboxylic acids is 1. The normalized spacial score (nSPS) is 11.9. The van der Waals surface area contributed by atoms with Crippen molar-refractivity contribution in [2.45, 2.75) is 13.0 Å². The molecule has 0 aliphatic heterocycles. The number of nitrogens with zero attached hydrogens (tertiary/aromatic N) is 1. The molecule has 1 aromatic carbocycles. The van der Waals surface area contributed by atoms with Crippen molar-refractivity contribution in [1.29, 1.82) is 0 Å². The minimum atomic E-state index is -1.05. The van der Waals surface area contributed by atoms with Gasteiger partial charge in [-0.25, -0.2) is 9.78 Å². The Balaban J connectivity index is 2.21. The molecule has 1 unspecified atom stereocenters. The lowest BCUT2D eigenvalue weighted by atomic mass is 10.1. The Kier molecular flexibility index (Phi) is 4.02. The Labute approximate surface area is 116 Å². The highest BCUT2D eigenvalue weighted by Crippen LogP contribution is 2.22. The van der Waals surface area contributed by atoms with Crippen LogP contribution in [-0.4, -0.2) is 16.1 Å². The third-order valence-corrected chi connectivity index (χ3v) is 3.00. The molecule has 1 aromatic heterocycles. The van der Waals surface area contributed by atoms with Gasteiger partial charge in [0.2, 0.25) is 0 Å². The van der Waals surface area contributed by atoms with Crippen LogP contribution in [0.3, 0.4) is 0 Å². The van der Waals surface area contributed by atoms with E-state index in [1.54, 1.807) is 24.3 Å². The van der Waals surface area contributed by atoms with Crippen LogP contribution in [0.1, 0.15) is 29.0 Å². The molecule has 2 rings (SSSR count). The second-order valence-electron chi connectivity index (χ2n) is 4.12. The summed E-state index contributed by atoms with van der Waals surface area (Å²) in [6, 6.07) is 10.8. The van der Waals surface area contributed by atoms with Crippen LogP contribution in [0.2, 0.25) is 5.02 Å². The Morgan fingerprint density at radius 2 is 2.00 bits per heavy atom. The van der Waals surface area contributed by atoms with Crippen LogP contribution in [-0.2, 0) is 0 Å². The molecule has 5 heteroatoms. The minimum absolute atomic E-state index is 0.0170. The number of carboxylic acid groups (broad SMARTS) is 1. The van der Waals surface area contributed by atoms with Crippen LogP contribution in [0.15, 0.2) is 42.6 Å². The summed E-state index contributed by atoms with van der Waals surface area (Å²) < 4.78 is 0. The van der Waals surface area contributed by atoms with Crippen LogP contribution in [0.5, 0.6) is 0 Å². The summed E-state index contributed by atoms with van der Waals surface area (Å²) in [7, 11) is 0. The van der Waals surface area contributed by atoms with Crippen molar-refractivity contribution in [1.82, 2.24) is 4.98 Å². The van der Waals surface area contributed by atoms with Gasteiger partial charge in [0.05, 0.1) is 5.69 Å². The number of halogens is 1. The molecule has 2 aromatic rings. The number of anilines is 1. The zero-order valence-electron chi connectivity index (χ0n) is 10.3. The molecule has 4 nitrogen and oxygen atoms in total. The molecule has 98 valence electrons. The molecule has 0 saturated heterocycles. The first-order valence-electron chi connectivity index (χ1n) is 5.78. The summed E-state index contributed by atoms with van der Waals surface area (Å²) in [5.41, 5.74) is 1.53. The van der Waals surface area contributed by atoms with Crippen molar-refractivity contribution in [3.8, 4) is 0 Å². The summed E-state index contributed by atoms with van der Waals surface area (Å²) in [4.78, 5) is 14.9. The summed E-state index contributed by atoms with van der Waals surface area (Å²) in [6.07, 6.45) is 1.46. The first-order valence-corrected chi connectivity index (χ1v) is 6.16. The van der Waals surface area contributed by atoms with Gasteiger partial charge in [-0.15, -0.1) is 0 Å². The molecule has 19 heavy (non-hydrogen) atoms. The van der Waals surface area contributed by atoms with Gasteiger partial charge in [-0.2, -0.15) is 0 Å². The predicted octanol–water partition coefficient (Wildman–Crippen LogP) is 3.61. The van der Waals surface area contributed by atoms with Crippen LogP contribution in [0, 0.1) is 0 Å². The molecule has 0 fully saturated rings. The molecular weight excluding hydrogens is 264 g/mol. The van der Waals surface area contributed by atoms with Crippen LogP contribution >= 0.6 is 11.6 Å². The van der Waals surface area contributed by atoms with Gasteiger partial charge in [0.25, 0.3) is 0 Å². The van der Waals surface area contributed by atoms with Gasteiger partial charge in [-0.1, -0.05) is 23.7 Å². The molecule has 0 radical (unpaired) electrons. The van der Waals surface area contributed by atoms with E-state index in [-0.39, 0.29) is 11.7 Å². The maximum absolute atomic E-state index is 11.1. The minimum Gasteiger partial charge on any atom is -0.476 e. The molecule has 1 atom stereocenters. The molecule has 0 aliphatic carbocycles. The number of benzene rings is 1. The maximum atomic E-state index is 11.1. The number of aromatic carboxylic acids is 1. The van der Waals surface area contributed by atoms with E-state index in [4.69, 9.17) is 16.7 Å². The van der Waals surface area contributed by atoms with E-state index < -0.39 is 5.97 Å². The average Bonchev–Trinajstić information content (AvgIpc) is 2.39. The van der Waals surface area contributed by atoms with E-state index in [1.807, 2.05) is 19.1 Å². The highest BCUT2D eigenvalue weighted by Gasteiger charge is 2.13. The standard InChI is InChI=1S/C14H13ClN2O2/c1-9(10-4-6-11(15)7-5-10)17-12-3-2-8-16-13(12)14(18)19/h2-9,17H,1H3,(H,18,19). The van der Waals surface area contributed by atoms with Gasteiger partial charge in [0.1, 0.15) is 0 Å². The smallest absolute Gasteiger partial charge is 0.356 e. The fourth-order valence-electron chi connectivity index (χ4n) is 1.76. The van der Waals surface area contributed by atoms with E-state index >= 15 is 0 Å². The zero-order chi connectivity index (χ0) is 13.8. The lowest BCUT2D eigenvalue weighted by molar-refractivity contribution is 0.0691. The third-order valence-electron chi connectivity index (χ3n) is 2.75. The Morgan fingerprint density at radius 3 is 2.63 bits per heavy atom. The highest BCUT2D eigenvalue weighted by molar-refractivity contribution is 6.30. The number of aromatic nitrogens is 1. The second kappa shape index (κ2) is 5.71. The van der Waals surface area contributed by atoms with E-state index in [1.165, 1.54) is 6.20 Å². The maximum Gasteiger partial charge on any atom is 0.356 e. The van der Waals surface area contributed by atoms with Gasteiger partial charge >= 0.3 is 5.97 Å². The lowest BCUT2D eigenvalue weighted by Gasteiger charge is -2.16. The van der Waals surface area contributed by atoms with Gasteiger partial charge in [0.15, 0.2) is 5.69 Å². The quantitative estimate of drug-likeness (QED) is 0.895. The summed E-state index contributed by atoms with van der Waals surface area (Å²) in [5, 5.41) is 12.9. The van der Waals surface area contributed by atoms with E-state index in [0.29, 0.717) is 10.7 Å². The van der Waals surface area contributed by atoms with Crippen molar-refractivity contribution in [2.75, 3.05) is 5.32 Å². The predicted molar refractivity (Wildman–Crippen MR) is 74.7 cm³/mol. The molecular formula is C14H13ClN2O2. The molecule has 2 N–H and O–H groups in total. The molecule has 0 spiro atoms. The first-order chi connectivity index (χ1) is 9.08. The Bertz CT molecular complexity index is 584. The first kappa shape index (κ1) is 13.4. The SMILES string of the molecule is CC(Nc1cccnc1C(=O)O)c1ccc(Cl)cc1. The summed E-state index contributed by atoms with van der Waals surface area (Å²) in [5.74, 6) is -1.05. The largest absolute Gasteiger partial charge is 0.476 e. The van der Waals surface area contributed by atoms with Gasteiger partial charge in [-0.05, 0) is 36.8 Å². The van der Waals surface area contributed by atoms with Gasteiger partial charge in [-0.3, -0.25) is 0 Å². The highest BCUT2D eigenvalue weighted by atomic mass is 35.5. The fraction of sp³-hybridized carbons (Fsp3) is 0.143. The van der Waals surface area contributed by atoms with Gasteiger partial charge in [0, 0.05) is 17.3 Å². The van der Waals surface area contributed by atoms with Crippen molar-refractivity contribution in [3.05, 3.63) is 58.9 Å². The van der Waals surface area contributed by atoms with Gasteiger partial charge < -0.3 is 10.4 Å². The monoisotopic (exact) mass is 276 g/mol. The molecule has 0 aliphatic rings. The topological polar surface area (TPSA) is 62.2 Å². The van der Waals surface area contributed by atoms with Crippen LogP contribution in [0.4, 0.5) is 5.69 Å². The Hall–Kier alpha value is -2.07. The van der Waals surface area contributed by atoms with E-state index in [2.05, 4.69) is 10.3 Å². The molecule has 0 amide bonds. The van der Waals surface area contributed by atoms with Crippen molar-refractivity contribution in [2.24, 2.45) is 0 Å². The van der Waals surface area contributed by atoms with Crippen molar-refractivity contribution < 1.29 is 9.90 Å². The fourth-order valence-corrected chi connectivity index (χ4v) is 1.89. The molecule has 1 heterocycles. The Morgan fingerprint density at radius 1 is 1.32 bits per heavy atom. The van der Waals surface area contributed by atoms with Crippen LogP contribution < -0.4 is 5.32 Å². The number of rotatable bonds is 4. The number of hydrogen-bond donors (Lipinski definition) is 2. The molecule has 0 saturated carbocycles. The van der Waals surface area contributed by atoms with E-state index in [0.717, 1.165) is 5.56 Å². The number of carbonyl (C=O) groups is 1. The number of nitrogens with one attached hydrogen (secondary N) is 1. The van der Waals surface area contributed by atoms with Crippen molar-refractivity contribution in [3.63, 3.8) is 0 Å². The number of pyridine rings is 1. The summed E-state index contributed by atoms with van der Waals surface area (Å²) in [6.45, 7) is 1.95. The number of hydrogen-bond acceptors (Lipinski definition) is 3. The zero-order valence-corrected chi connectivity index (χ0v) is 11.1.